The normalized spacial score (nSPS) is 24.6. The van der Waals surface area contributed by atoms with Gasteiger partial charge in [0.1, 0.15) is 10.6 Å². The number of allylic oxidation sites excluding steroid dienone is 1. The van der Waals surface area contributed by atoms with Crippen LogP contribution in [-0.2, 0) is 21.4 Å². The zero-order valence-electron chi connectivity index (χ0n) is 23.5. The number of piperazine rings is 1. The molecular weight excluding hydrogens is 569 g/mol. The molecule has 2 saturated heterocycles. The van der Waals surface area contributed by atoms with Gasteiger partial charge < -0.3 is 30.5 Å². The number of carbonyl (C=O) groups is 2. The van der Waals surface area contributed by atoms with Crippen LogP contribution in [0.2, 0.25) is 0 Å². The molecule has 0 radical (unpaired) electrons. The summed E-state index contributed by atoms with van der Waals surface area (Å²) in [7, 11) is 0. The first-order valence-corrected chi connectivity index (χ1v) is 15.0. The van der Waals surface area contributed by atoms with E-state index >= 15 is 0 Å². The van der Waals surface area contributed by atoms with Crippen molar-refractivity contribution in [1.82, 2.24) is 30.7 Å². The van der Waals surface area contributed by atoms with Crippen molar-refractivity contribution in [3.63, 3.8) is 0 Å². The Bertz CT molecular complexity index is 1340. The Morgan fingerprint density at radius 3 is 2.71 bits per heavy atom. The Kier molecular flexibility index (Phi) is 8.90. The van der Waals surface area contributed by atoms with Crippen molar-refractivity contribution in [2.24, 2.45) is 0 Å². The fourth-order valence-electron chi connectivity index (χ4n) is 5.63. The van der Waals surface area contributed by atoms with E-state index in [-0.39, 0.29) is 22.9 Å². The van der Waals surface area contributed by atoms with Crippen LogP contribution in [0.15, 0.2) is 60.2 Å². The highest BCUT2D eigenvalue weighted by Gasteiger charge is 2.41. The lowest BCUT2D eigenvalue weighted by Crippen LogP contribution is -2.56. The molecule has 0 saturated carbocycles. The van der Waals surface area contributed by atoms with Crippen LogP contribution in [0.1, 0.15) is 46.8 Å². The number of halogens is 3. The van der Waals surface area contributed by atoms with Gasteiger partial charge in [-0.1, -0.05) is 13.0 Å². The number of ether oxygens (including phenoxy) is 1. The number of rotatable bonds is 8. The standard InChI is InChI=1S/C29H35F3N6O3S/c1-3-21-18-37(27(40)23-7-8-24(42-23)29(30,31)32)14-15-38(21)22-9-11-28(41-4-2,19-6-5-12-33-16-19)36-25(22)26(39)35-20-10-13-34-17-20/h5-9,11-12,16,20-21,34,36H,3-4,10,13-15,17-18H2,1-2H3,(H,35,39)/t20-,21-,28?/m1/s1. The molecule has 3 N–H and O–H groups in total. The van der Waals surface area contributed by atoms with Crippen LogP contribution < -0.4 is 16.0 Å². The molecule has 5 rings (SSSR count). The van der Waals surface area contributed by atoms with Gasteiger partial charge in [0.2, 0.25) is 0 Å². The third-order valence-corrected chi connectivity index (χ3v) is 8.89. The van der Waals surface area contributed by atoms with Crippen LogP contribution in [0, 0.1) is 0 Å². The van der Waals surface area contributed by atoms with Crippen LogP contribution >= 0.6 is 11.3 Å². The summed E-state index contributed by atoms with van der Waals surface area (Å²) in [5.41, 5.74) is 0.661. The van der Waals surface area contributed by atoms with Gasteiger partial charge in [-0.15, -0.1) is 11.3 Å². The van der Waals surface area contributed by atoms with Gasteiger partial charge >= 0.3 is 6.18 Å². The maximum Gasteiger partial charge on any atom is 0.425 e. The summed E-state index contributed by atoms with van der Waals surface area (Å²) in [6.45, 7) is 6.76. The molecule has 9 nitrogen and oxygen atoms in total. The van der Waals surface area contributed by atoms with Crippen molar-refractivity contribution in [3.8, 4) is 0 Å². The second kappa shape index (κ2) is 12.4. The van der Waals surface area contributed by atoms with Gasteiger partial charge in [0, 0.05) is 62.8 Å². The van der Waals surface area contributed by atoms with Crippen LogP contribution in [0.5, 0.6) is 0 Å². The molecule has 2 fully saturated rings. The highest BCUT2D eigenvalue weighted by molar-refractivity contribution is 7.14. The first-order chi connectivity index (χ1) is 20.1. The highest BCUT2D eigenvalue weighted by Crippen LogP contribution is 2.36. The molecule has 42 heavy (non-hydrogen) atoms. The largest absolute Gasteiger partial charge is 0.425 e. The third-order valence-electron chi connectivity index (χ3n) is 7.77. The predicted molar refractivity (Wildman–Crippen MR) is 152 cm³/mol. The monoisotopic (exact) mass is 604 g/mol. The van der Waals surface area contributed by atoms with Gasteiger partial charge in [0.15, 0.2) is 5.72 Å². The lowest BCUT2D eigenvalue weighted by atomic mass is 9.97. The molecule has 2 aromatic heterocycles. The van der Waals surface area contributed by atoms with Gasteiger partial charge in [-0.25, -0.2) is 0 Å². The molecule has 3 aliphatic heterocycles. The molecule has 5 heterocycles. The van der Waals surface area contributed by atoms with Crippen LogP contribution in [0.4, 0.5) is 13.2 Å². The molecule has 226 valence electrons. The summed E-state index contributed by atoms with van der Waals surface area (Å²) in [6, 6.07) is 5.71. The lowest BCUT2D eigenvalue weighted by Gasteiger charge is -2.45. The number of thiophene rings is 1. The Hall–Kier alpha value is -3.42. The number of hydrogen-bond donors (Lipinski definition) is 3. The number of nitrogens with one attached hydrogen (secondary N) is 3. The summed E-state index contributed by atoms with van der Waals surface area (Å²) in [5.74, 6) is -0.679. The average molecular weight is 605 g/mol. The van der Waals surface area contributed by atoms with E-state index in [1.807, 2.05) is 38.1 Å². The number of pyridine rings is 1. The molecule has 2 aromatic rings. The van der Waals surface area contributed by atoms with E-state index in [2.05, 4.69) is 25.8 Å². The zero-order valence-corrected chi connectivity index (χ0v) is 24.4. The van der Waals surface area contributed by atoms with Crippen molar-refractivity contribution in [1.29, 1.82) is 0 Å². The first kappa shape index (κ1) is 30.1. The minimum atomic E-state index is -4.49. The van der Waals surface area contributed by atoms with Crippen molar-refractivity contribution < 1.29 is 27.5 Å². The van der Waals surface area contributed by atoms with E-state index < -0.39 is 22.7 Å². The van der Waals surface area contributed by atoms with E-state index in [9.17, 15) is 22.8 Å². The molecule has 3 atom stereocenters. The molecule has 2 amide bonds. The fourth-order valence-corrected chi connectivity index (χ4v) is 6.47. The van der Waals surface area contributed by atoms with E-state index in [4.69, 9.17) is 4.74 Å². The number of alkyl halides is 3. The summed E-state index contributed by atoms with van der Waals surface area (Å²) < 4.78 is 45.6. The number of dihydropyridines is 1. The van der Waals surface area contributed by atoms with E-state index in [1.54, 1.807) is 17.3 Å². The fraction of sp³-hybridized carbons (Fsp3) is 0.483. The average Bonchev–Trinajstić information content (AvgIpc) is 3.70. The minimum absolute atomic E-state index is 0.0114. The number of nitrogens with zero attached hydrogens (tertiary/aromatic N) is 3. The second-order valence-electron chi connectivity index (χ2n) is 10.5. The summed E-state index contributed by atoms with van der Waals surface area (Å²) in [6.07, 6.45) is 4.12. The van der Waals surface area contributed by atoms with Gasteiger partial charge in [-0.05, 0) is 56.7 Å². The number of hydrogen-bond acceptors (Lipinski definition) is 8. The maximum absolute atomic E-state index is 13.8. The van der Waals surface area contributed by atoms with Crippen LogP contribution in [-0.4, -0.2) is 78.0 Å². The molecule has 0 spiro atoms. The number of carbonyl (C=O) groups excluding carboxylic acids is 2. The number of aromatic nitrogens is 1. The van der Waals surface area contributed by atoms with Gasteiger partial charge in [0.25, 0.3) is 11.8 Å². The molecule has 3 aliphatic rings. The summed E-state index contributed by atoms with van der Waals surface area (Å²) in [4.78, 5) is 34.2. The Morgan fingerprint density at radius 2 is 2.07 bits per heavy atom. The van der Waals surface area contributed by atoms with Gasteiger partial charge in [-0.2, -0.15) is 13.2 Å². The topological polar surface area (TPSA) is 98.8 Å². The maximum atomic E-state index is 13.8. The first-order valence-electron chi connectivity index (χ1n) is 14.2. The lowest BCUT2D eigenvalue weighted by molar-refractivity contribution is -0.134. The Balaban J connectivity index is 1.43. The van der Waals surface area contributed by atoms with Gasteiger partial charge in [0.05, 0.1) is 10.6 Å². The van der Waals surface area contributed by atoms with E-state index in [1.165, 1.54) is 6.07 Å². The third kappa shape index (κ3) is 6.18. The Labute approximate surface area is 246 Å². The quantitative estimate of drug-likeness (QED) is 0.425. The van der Waals surface area contributed by atoms with E-state index in [0.717, 1.165) is 24.6 Å². The van der Waals surface area contributed by atoms with Crippen LogP contribution in [0.3, 0.4) is 0 Å². The summed E-state index contributed by atoms with van der Waals surface area (Å²) >= 11 is 0.463. The second-order valence-corrected chi connectivity index (χ2v) is 11.5. The molecule has 0 aliphatic carbocycles. The SMILES string of the molecule is CCOC1(c2cccnc2)C=CC(N2CCN(C(=O)c3ccc(C(F)(F)F)s3)C[C@H]2CC)=C(C(=O)N[C@@H]2CCNC2)N1. The van der Waals surface area contributed by atoms with E-state index in [0.29, 0.717) is 61.9 Å². The minimum Gasteiger partial charge on any atom is -0.363 e. The molecule has 13 heteroatoms. The molecule has 1 unspecified atom stereocenters. The van der Waals surface area contributed by atoms with Crippen molar-refractivity contribution >= 4 is 23.2 Å². The molecule has 0 aromatic carbocycles. The zero-order chi connectivity index (χ0) is 29.9. The van der Waals surface area contributed by atoms with Crippen molar-refractivity contribution in [2.45, 2.75) is 50.7 Å². The molecule has 0 bridgehead atoms. The predicted octanol–water partition coefficient (Wildman–Crippen LogP) is 3.44. The smallest absolute Gasteiger partial charge is 0.363 e. The Morgan fingerprint density at radius 1 is 1.24 bits per heavy atom. The number of amides is 2. The van der Waals surface area contributed by atoms with Crippen molar-refractivity contribution in [2.75, 3.05) is 39.3 Å². The van der Waals surface area contributed by atoms with Crippen LogP contribution in [0.25, 0.3) is 0 Å². The van der Waals surface area contributed by atoms with Gasteiger partial charge in [-0.3, -0.25) is 14.6 Å². The van der Waals surface area contributed by atoms with Crippen molar-refractivity contribution in [3.05, 3.63) is 75.5 Å². The highest BCUT2D eigenvalue weighted by atomic mass is 32.1. The summed E-state index contributed by atoms with van der Waals surface area (Å²) in [5, 5.41) is 9.80. The molecular formula is C29H35F3N6O3S.